The van der Waals surface area contributed by atoms with Crippen LogP contribution in [0.25, 0.3) is 0 Å². The average molecular weight is 257 g/mol. The van der Waals surface area contributed by atoms with Crippen molar-refractivity contribution in [2.45, 2.75) is 0 Å². The van der Waals surface area contributed by atoms with Crippen molar-refractivity contribution < 1.29 is 15.2 Å². The zero-order chi connectivity index (χ0) is 14.1. The summed E-state index contributed by atoms with van der Waals surface area (Å²) >= 11 is 0. The second-order valence-corrected chi connectivity index (χ2v) is 2.78. The Hall–Kier alpha value is -2.91. The molecule has 0 amide bonds. The van der Waals surface area contributed by atoms with E-state index in [0.29, 0.717) is 5.69 Å². The molecule has 0 aliphatic carbocycles. The number of nitro groups is 1. The van der Waals surface area contributed by atoms with Crippen molar-refractivity contribution >= 4 is 17.3 Å². The van der Waals surface area contributed by atoms with E-state index in [1.165, 1.54) is 12.1 Å². The first-order chi connectivity index (χ1) is 8.36. The van der Waals surface area contributed by atoms with Crippen molar-refractivity contribution in [2.75, 3.05) is 12.4 Å². The Morgan fingerprint density at radius 2 is 1.78 bits per heavy atom. The Morgan fingerprint density at radius 1 is 1.33 bits per heavy atom. The third-order valence-corrected chi connectivity index (χ3v) is 1.59. The molecule has 0 atom stereocenters. The highest BCUT2D eigenvalue weighted by Gasteiger charge is 2.03. The minimum absolute atomic E-state index is 0.0440. The summed E-state index contributed by atoms with van der Waals surface area (Å²) in [5.74, 6) is 0.263. The van der Waals surface area contributed by atoms with E-state index in [-0.39, 0.29) is 11.6 Å². The molecule has 0 fully saturated rings. The summed E-state index contributed by atoms with van der Waals surface area (Å²) in [4.78, 5) is 21.9. The van der Waals surface area contributed by atoms with Crippen LogP contribution in [-0.2, 0) is 0 Å². The summed E-state index contributed by atoms with van der Waals surface area (Å²) in [5.41, 5.74) is 6.12. The molecule has 1 aromatic rings. The van der Waals surface area contributed by atoms with Crippen molar-refractivity contribution in [1.82, 2.24) is 0 Å². The monoisotopic (exact) mass is 257 g/mol. The SMILES string of the molecule is CN=C(N)Nc1ccc([N+](=O)[O-])cc1.O=[N+]([O-])O. The number of anilines is 1. The molecule has 0 saturated heterocycles. The van der Waals surface area contributed by atoms with Gasteiger partial charge in [0.2, 0.25) is 0 Å². The molecule has 0 radical (unpaired) electrons. The van der Waals surface area contributed by atoms with Gasteiger partial charge in [0.15, 0.2) is 5.96 Å². The molecule has 18 heavy (non-hydrogen) atoms. The fourth-order valence-corrected chi connectivity index (χ4v) is 0.870. The number of nitrogens with zero attached hydrogens (tertiary/aromatic N) is 3. The number of nitro benzene ring substituents is 1. The van der Waals surface area contributed by atoms with Gasteiger partial charge in [0.05, 0.1) is 4.92 Å². The minimum atomic E-state index is -1.50. The maximum Gasteiger partial charge on any atom is 0.291 e. The molecule has 0 heterocycles. The van der Waals surface area contributed by atoms with Crippen molar-refractivity contribution in [2.24, 2.45) is 10.7 Å². The molecule has 98 valence electrons. The second-order valence-electron chi connectivity index (χ2n) is 2.78. The van der Waals surface area contributed by atoms with Gasteiger partial charge in [-0.3, -0.25) is 15.1 Å². The van der Waals surface area contributed by atoms with E-state index in [9.17, 15) is 10.1 Å². The number of rotatable bonds is 2. The number of benzene rings is 1. The number of hydrogen-bond acceptors (Lipinski definition) is 5. The summed E-state index contributed by atoms with van der Waals surface area (Å²) in [5, 5.41) is 26.7. The second kappa shape index (κ2) is 7.38. The maximum atomic E-state index is 10.3. The Bertz CT molecular complexity index is 440. The molecule has 0 saturated carbocycles. The topological polar surface area (TPSA) is 157 Å². The molecule has 0 bridgehead atoms. The maximum absolute atomic E-state index is 10.3. The first-order valence-electron chi connectivity index (χ1n) is 4.43. The molecule has 1 rings (SSSR count). The number of nitrogens with one attached hydrogen (secondary N) is 1. The summed E-state index contributed by atoms with van der Waals surface area (Å²) in [6.45, 7) is 0. The molecular formula is C8H11N5O5. The van der Waals surface area contributed by atoms with Gasteiger partial charge in [-0.2, -0.15) is 0 Å². The van der Waals surface area contributed by atoms with Gasteiger partial charge in [-0.15, -0.1) is 10.1 Å². The smallest absolute Gasteiger partial charge is 0.291 e. The van der Waals surface area contributed by atoms with Gasteiger partial charge in [0.25, 0.3) is 10.8 Å². The standard InChI is InChI=1S/C8H10N4O2.HNO3/c1-10-8(9)11-6-2-4-7(5-3-6)12(13)14;2-1(3)4/h2-5H,1H3,(H3,9,10,11);(H,2,3,4). The summed E-state index contributed by atoms with van der Waals surface area (Å²) in [6.07, 6.45) is 0. The highest BCUT2D eigenvalue weighted by molar-refractivity contribution is 5.92. The molecule has 0 aliphatic heterocycles. The Kier molecular flexibility index (Phi) is 6.18. The van der Waals surface area contributed by atoms with Crippen LogP contribution < -0.4 is 11.1 Å². The third kappa shape index (κ3) is 6.55. The van der Waals surface area contributed by atoms with E-state index in [1.807, 2.05) is 0 Å². The van der Waals surface area contributed by atoms with Crippen molar-refractivity contribution in [3.63, 3.8) is 0 Å². The van der Waals surface area contributed by atoms with Crippen LogP contribution in [0.5, 0.6) is 0 Å². The molecule has 4 N–H and O–H groups in total. The van der Waals surface area contributed by atoms with Crippen molar-refractivity contribution in [1.29, 1.82) is 0 Å². The molecule has 10 nitrogen and oxygen atoms in total. The van der Waals surface area contributed by atoms with Crippen LogP contribution in [0.15, 0.2) is 29.3 Å². The summed E-state index contributed by atoms with van der Waals surface area (Å²) < 4.78 is 0. The Balaban J connectivity index is 0.000000631. The van der Waals surface area contributed by atoms with Gasteiger partial charge in [-0.05, 0) is 12.1 Å². The molecule has 0 spiro atoms. The zero-order valence-electron chi connectivity index (χ0n) is 9.31. The molecular weight excluding hydrogens is 246 g/mol. The first kappa shape index (κ1) is 15.1. The number of nitrogens with two attached hydrogens (primary N) is 1. The lowest BCUT2D eigenvalue weighted by Crippen LogP contribution is -2.21. The van der Waals surface area contributed by atoms with Gasteiger partial charge < -0.3 is 16.3 Å². The number of aliphatic imine (C=N–C) groups is 1. The van der Waals surface area contributed by atoms with Crippen molar-refractivity contribution in [3.8, 4) is 0 Å². The van der Waals surface area contributed by atoms with Gasteiger partial charge in [0, 0.05) is 24.9 Å². The average Bonchev–Trinajstić information content (AvgIpc) is 2.28. The molecule has 1 aromatic carbocycles. The lowest BCUT2D eigenvalue weighted by molar-refractivity contribution is -0.742. The number of guanidine groups is 1. The third-order valence-electron chi connectivity index (χ3n) is 1.59. The quantitative estimate of drug-likeness (QED) is 0.303. The van der Waals surface area contributed by atoms with E-state index in [1.54, 1.807) is 19.2 Å². The van der Waals surface area contributed by atoms with Crippen LogP contribution in [0, 0.1) is 20.2 Å². The van der Waals surface area contributed by atoms with Crippen LogP contribution in [0.3, 0.4) is 0 Å². The summed E-state index contributed by atoms with van der Waals surface area (Å²) in [6, 6.07) is 5.92. The van der Waals surface area contributed by atoms with Gasteiger partial charge in [0.1, 0.15) is 0 Å². The van der Waals surface area contributed by atoms with Crippen LogP contribution >= 0.6 is 0 Å². The van der Waals surface area contributed by atoms with E-state index in [2.05, 4.69) is 10.3 Å². The van der Waals surface area contributed by atoms with Crippen molar-refractivity contribution in [3.05, 3.63) is 44.5 Å². The molecule has 0 aliphatic rings. The predicted octanol–water partition coefficient (Wildman–Crippen LogP) is 0.603. The largest absolute Gasteiger partial charge is 0.370 e. The Labute approximate surface area is 101 Å². The predicted molar refractivity (Wildman–Crippen MR) is 63.0 cm³/mol. The molecule has 0 aromatic heterocycles. The zero-order valence-corrected chi connectivity index (χ0v) is 9.31. The molecule has 10 heteroatoms. The fourth-order valence-electron chi connectivity index (χ4n) is 0.870. The van der Waals surface area contributed by atoms with Crippen LogP contribution in [-0.4, -0.2) is 28.2 Å². The van der Waals surface area contributed by atoms with Gasteiger partial charge >= 0.3 is 0 Å². The van der Waals surface area contributed by atoms with E-state index < -0.39 is 10.0 Å². The number of hydrogen-bond donors (Lipinski definition) is 3. The lowest BCUT2D eigenvalue weighted by atomic mass is 10.3. The first-order valence-corrected chi connectivity index (χ1v) is 4.43. The lowest BCUT2D eigenvalue weighted by Gasteiger charge is -2.03. The number of non-ortho nitro benzene ring substituents is 1. The van der Waals surface area contributed by atoms with Crippen LogP contribution in [0.1, 0.15) is 0 Å². The van der Waals surface area contributed by atoms with Crippen LogP contribution in [0.4, 0.5) is 11.4 Å². The van der Waals surface area contributed by atoms with Crippen LogP contribution in [0.2, 0.25) is 0 Å². The Morgan fingerprint density at radius 3 is 2.11 bits per heavy atom. The minimum Gasteiger partial charge on any atom is -0.370 e. The van der Waals surface area contributed by atoms with E-state index >= 15 is 0 Å². The normalized spacial score (nSPS) is 9.94. The highest BCUT2D eigenvalue weighted by atomic mass is 16.9. The van der Waals surface area contributed by atoms with E-state index in [4.69, 9.17) is 21.1 Å². The highest BCUT2D eigenvalue weighted by Crippen LogP contribution is 2.14. The van der Waals surface area contributed by atoms with Gasteiger partial charge in [-0.25, -0.2) is 0 Å². The van der Waals surface area contributed by atoms with E-state index in [0.717, 1.165) is 0 Å². The fraction of sp³-hybridized carbons (Fsp3) is 0.125. The summed E-state index contributed by atoms with van der Waals surface area (Å²) in [7, 11) is 1.55. The molecule has 0 unspecified atom stereocenters. The van der Waals surface area contributed by atoms with Gasteiger partial charge in [-0.1, -0.05) is 0 Å².